The zero-order valence-corrected chi connectivity index (χ0v) is 9.70. The molecule has 0 fully saturated rings. The van der Waals surface area contributed by atoms with E-state index in [2.05, 4.69) is 22.3 Å². The molecule has 1 aromatic carbocycles. The van der Waals surface area contributed by atoms with Gasteiger partial charge in [-0.2, -0.15) is 5.10 Å². The lowest BCUT2D eigenvalue weighted by Gasteiger charge is -2.05. The molecule has 0 aliphatic heterocycles. The number of aromatic nitrogens is 3. The van der Waals surface area contributed by atoms with Crippen LogP contribution in [0.3, 0.4) is 0 Å². The van der Waals surface area contributed by atoms with Gasteiger partial charge in [0.2, 0.25) is 0 Å². The van der Waals surface area contributed by atoms with Gasteiger partial charge in [-0.3, -0.25) is 9.67 Å². The fourth-order valence-corrected chi connectivity index (χ4v) is 1.81. The van der Waals surface area contributed by atoms with E-state index in [-0.39, 0.29) is 0 Å². The Morgan fingerprint density at radius 1 is 1.31 bits per heavy atom. The van der Waals surface area contributed by atoms with E-state index in [0.717, 1.165) is 18.8 Å². The molecular weight excluding hydrogens is 220 g/mol. The van der Waals surface area contributed by atoms with Crippen molar-refractivity contribution in [1.29, 1.82) is 0 Å². The minimum atomic E-state index is 0.578. The highest BCUT2D eigenvalue weighted by Gasteiger charge is 2.05. The zero-order chi connectivity index (χ0) is 11.4. The lowest BCUT2D eigenvalue weighted by Crippen LogP contribution is -2.11. The first kappa shape index (κ1) is 11.0. The van der Waals surface area contributed by atoms with Crippen LogP contribution < -0.4 is 5.73 Å². The van der Waals surface area contributed by atoms with Gasteiger partial charge in [0.05, 0.1) is 6.54 Å². The maximum atomic E-state index is 5.53. The monoisotopic (exact) mass is 234 g/mol. The fraction of sp³-hybridized carbons (Fsp3) is 0.273. The van der Waals surface area contributed by atoms with Crippen LogP contribution in [-0.2, 0) is 13.0 Å². The van der Waals surface area contributed by atoms with E-state index >= 15 is 0 Å². The van der Waals surface area contributed by atoms with Crippen LogP contribution >= 0.6 is 12.2 Å². The molecule has 0 atom stereocenters. The molecule has 3 N–H and O–H groups in total. The van der Waals surface area contributed by atoms with Crippen LogP contribution in [0.1, 0.15) is 11.4 Å². The third-order valence-corrected chi connectivity index (χ3v) is 2.70. The quantitative estimate of drug-likeness (QED) is 0.788. The molecule has 0 radical (unpaired) electrons. The first-order valence-corrected chi connectivity index (χ1v) is 5.60. The molecule has 0 aliphatic carbocycles. The number of rotatable bonds is 4. The zero-order valence-electron chi connectivity index (χ0n) is 8.89. The van der Waals surface area contributed by atoms with Gasteiger partial charge in [0.15, 0.2) is 4.77 Å². The highest BCUT2D eigenvalue weighted by atomic mass is 32.1. The second kappa shape index (κ2) is 5.05. The van der Waals surface area contributed by atoms with Gasteiger partial charge in [-0.1, -0.05) is 30.3 Å². The van der Waals surface area contributed by atoms with E-state index in [4.69, 9.17) is 18.0 Å². The van der Waals surface area contributed by atoms with E-state index in [1.807, 2.05) is 22.8 Å². The molecule has 0 aliphatic rings. The standard InChI is InChI=1S/C11H14N4S/c12-7-6-10-13-14-11(16)15(10)8-9-4-2-1-3-5-9/h1-5H,6-8,12H2,(H,14,16). The summed E-state index contributed by atoms with van der Waals surface area (Å²) in [7, 11) is 0. The summed E-state index contributed by atoms with van der Waals surface area (Å²) in [6.07, 6.45) is 0.736. The molecular formula is C11H14N4S. The predicted molar refractivity (Wildman–Crippen MR) is 65.7 cm³/mol. The normalized spacial score (nSPS) is 10.6. The number of aromatic amines is 1. The van der Waals surface area contributed by atoms with Gasteiger partial charge in [-0.25, -0.2) is 0 Å². The molecule has 2 rings (SSSR count). The van der Waals surface area contributed by atoms with Crippen LogP contribution in [-0.4, -0.2) is 21.3 Å². The van der Waals surface area contributed by atoms with Crippen LogP contribution in [0.4, 0.5) is 0 Å². The molecule has 16 heavy (non-hydrogen) atoms. The number of hydrogen-bond acceptors (Lipinski definition) is 3. The third-order valence-electron chi connectivity index (χ3n) is 2.39. The number of nitrogens with zero attached hydrogens (tertiary/aromatic N) is 2. The van der Waals surface area contributed by atoms with Crippen LogP contribution in [0.5, 0.6) is 0 Å². The summed E-state index contributed by atoms with van der Waals surface area (Å²) in [5, 5.41) is 6.97. The minimum absolute atomic E-state index is 0.578. The molecule has 4 nitrogen and oxygen atoms in total. The number of H-pyrrole nitrogens is 1. The van der Waals surface area contributed by atoms with Crippen molar-refractivity contribution < 1.29 is 0 Å². The lowest BCUT2D eigenvalue weighted by molar-refractivity contribution is 0.710. The van der Waals surface area contributed by atoms with Crippen molar-refractivity contribution in [2.45, 2.75) is 13.0 Å². The second-order valence-electron chi connectivity index (χ2n) is 3.56. The Balaban J connectivity index is 2.27. The molecule has 0 bridgehead atoms. The molecule has 0 spiro atoms. The Labute approximate surface area is 99.1 Å². The molecule has 5 heteroatoms. The Hall–Kier alpha value is -1.46. The summed E-state index contributed by atoms with van der Waals surface area (Å²) in [5.41, 5.74) is 6.74. The Morgan fingerprint density at radius 3 is 2.75 bits per heavy atom. The summed E-state index contributed by atoms with van der Waals surface area (Å²) < 4.78 is 2.63. The molecule has 0 saturated heterocycles. The smallest absolute Gasteiger partial charge is 0.195 e. The second-order valence-corrected chi connectivity index (χ2v) is 3.94. The minimum Gasteiger partial charge on any atom is -0.330 e. The first-order valence-electron chi connectivity index (χ1n) is 5.19. The van der Waals surface area contributed by atoms with Gasteiger partial charge >= 0.3 is 0 Å². The fourth-order valence-electron chi connectivity index (χ4n) is 1.60. The number of hydrogen-bond donors (Lipinski definition) is 2. The average Bonchev–Trinajstić information content (AvgIpc) is 2.64. The van der Waals surface area contributed by atoms with Crippen LogP contribution in [0.15, 0.2) is 30.3 Å². The maximum absolute atomic E-state index is 5.53. The van der Waals surface area contributed by atoms with Gasteiger partial charge in [0, 0.05) is 6.42 Å². The molecule has 0 amide bonds. The molecule has 2 aromatic rings. The van der Waals surface area contributed by atoms with Crippen LogP contribution in [0.2, 0.25) is 0 Å². The predicted octanol–water partition coefficient (Wildman–Crippen LogP) is 1.49. The number of nitrogens with one attached hydrogen (secondary N) is 1. The summed E-state index contributed by atoms with van der Waals surface area (Å²) >= 11 is 5.19. The van der Waals surface area contributed by atoms with Crippen molar-refractivity contribution >= 4 is 12.2 Å². The van der Waals surface area contributed by atoms with E-state index in [1.54, 1.807) is 0 Å². The van der Waals surface area contributed by atoms with Crippen molar-refractivity contribution in [3.05, 3.63) is 46.5 Å². The van der Waals surface area contributed by atoms with Crippen molar-refractivity contribution in [1.82, 2.24) is 14.8 Å². The van der Waals surface area contributed by atoms with E-state index in [1.165, 1.54) is 5.56 Å². The van der Waals surface area contributed by atoms with Crippen molar-refractivity contribution in [3.63, 3.8) is 0 Å². The molecule has 0 unspecified atom stereocenters. The van der Waals surface area contributed by atoms with E-state index < -0.39 is 0 Å². The third kappa shape index (κ3) is 2.37. The molecule has 0 saturated carbocycles. The van der Waals surface area contributed by atoms with Gasteiger partial charge in [0.25, 0.3) is 0 Å². The Morgan fingerprint density at radius 2 is 2.06 bits per heavy atom. The van der Waals surface area contributed by atoms with Crippen molar-refractivity contribution in [3.8, 4) is 0 Å². The molecule has 84 valence electrons. The molecule has 1 heterocycles. The molecule has 1 aromatic heterocycles. The summed E-state index contributed by atoms with van der Waals surface area (Å²) in [5.74, 6) is 0.913. The van der Waals surface area contributed by atoms with E-state index in [9.17, 15) is 0 Å². The van der Waals surface area contributed by atoms with Gasteiger partial charge < -0.3 is 5.73 Å². The largest absolute Gasteiger partial charge is 0.330 e. The Bertz CT molecular complexity index is 500. The van der Waals surface area contributed by atoms with Crippen LogP contribution in [0, 0.1) is 4.77 Å². The van der Waals surface area contributed by atoms with Crippen molar-refractivity contribution in [2.75, 3.05) is 6.54 Å². The summed E-state index contributed by atoms with van der Waals surface area (Å²) in [6, 6.07) is 10.2. The first-order chi connectivity index (χ1) is 7.81. The lowest BCUT2D eigenvalue weighted by atomic mass is 10.2. The summed E-state index contributed by atoms with van der Waals surface area (Å²) in [4.78, 5) is 0. The van der Waals surface area contributed by atoms with Gasteiger partial charge in [-0.05, 0) is 24.3 Å². The topological polar surface area (TPSA) is 59.6 Å². The maximum Gasteiger partial charge on any atom is 0.195 e. The van der Waals surface area contributed by atoms with E-state index in [0.29, 0.717) is 11.3 Å². The average molecular weight is 234 g/mol. The number of nitrogens with two attached hydrogens (primary N) is 1. The van der Waals surface area contributed by atoms with Gasteiger partial charge in [0.1, 0.15) is 5.82 Å². The highest BCUT2D eigenvalue weighted by molar-refractivity contribution is 7.71. The summed E-state index contributed by atoms with van der Waals surface area (Å²) in [6.45, 7) is 1.32. The SMILES string of the molecule is NCCc1n[nH]c(=S)n1Cc1ccccc1. The Kier molecular flexibility index (Phi) is 3.48. The van der Waals surface area contributed by atoms with Gasteiger partial charge in [-0.15, -0.1) is 0 Å². The highest BCUT2D eigenvalue weighted by Crippen LogP contribution is 2.05. The number of benzene rings is 1. The van der Waals surface area contributed by atoms with Crippen molar-refractivity contribution in [2.24, 2.45) is 5.73 Å². The van der Waals surface area contributed by atoms with Crippen LogP contribution in [0.25, 0.3) is 0 Å².